The molecular weight excluding hydrogens is 310 g/mol. The van der Waals surface area contributed by atoms with Gasteiger partial charge < -0.3 is 0 Å². The molecule has 0 spiro atoms. The van der Waals surface area contributed by atoms with Crippen molar-refractivity contribution >= 4 is 34.2 Å². The van der Waals surface area contributed by atoms with Crippen LogP contribution in [0.15, 0.2) is 36.4 Å². The van der Waals surface area contributed by atoms with E-state index in [9.17, 15) is 4.39 Å². The molecule has 5 heteroatoms. The first-order chi connectivity index (χ1) is 10.1. The Kier molecular flexibility index (Phi) is 3.87. The normalized spacial score (nSPS) is 11.2. The third kappa shape index (κ3) is 2.52. The summed E-state index contributed by atoms with van der Waals surface area (Å²) in [5, 5.41) is 0.355. The van der Waals surface area contributed by atoms with Crippen LogP contribution in [0.2, 0.25) is 5.02 Å². The zero-order chi connectivity index (χ0) is 15.0. The number of benzene rings is 2. The minimum absolute atomic E-state index is 0.355. The van der Waals surface area contributed by atoms with E-state index in [0.717, 1.165) is 28.1 Å². The molecule has 0 radical (unpaired) electrons. The summed E-state index contributed by atoms with van der Waals surface area (Å²) in [7, 11) is 0. The molecule has 0 atom stereocenters. The molecule has 3 rings (SSSR count). The summed E-state index contributed by atoms with van der Waals surface area (Å²) in [5.41, 5.74) is 3.66. The number of hydrogen-bond acceptors (Lipinski definition) is 1. The van der Waals surface area contributed by atoms with Gasteiger partial charge in [-0.1, -0.05) is 23.7 Å². The van der Waals surface area contributed by atoms with Gasteiger partial charge in [0.2, 0.25) is 0 Å². The molecule has 0 amide bonds. The van der Waals surface area contributed by atoms with Crippen LogP contribution in [0.4, 0.5) is 4.39 Å². The molecule has 0 fully saturated rings. The van der Waals surface area contributed by atoms with Gasteiger partial charge in [-0.05, 0) is 36.8 Å². The van der Waals surface area contributed by atoms with Crippen molar-refractivity contribution in [3.63, 3.8) is 0 Å². The molecule has 2 nitrogen and oxygen atoms in total. The van der Waals surface area contributed by atoms with Crippen LogP contribution in [0.1, 0.15) is 11.4 Å². The number of imidazole rings is 1. The number of para-hydroxylation sites is 1. The number of rotatable bonds is 3. The predicted octanol–water partition coefficient (Wildman–Crippen LogP) is 4.91. The van der Waals surface area contributed by atoms with Crippen LogP contribution in [-0.2, 0) is 6.42 Å². The first-order valence-electron chi connectivity index (χ1n) is 6.60. The molecule has 3 aromatic rings. The van der Waals surface area contributed by atoms with Crippen molar-refractivity contribution in [2.75, 3.05) is 5.88 Å². The van der Waals surface area contributed by atoms with Gasteiger partial charge in [0.1, 0.15) is 11.6 Å². The highest BCUT2D eigenvalue weighted by atomic mass is 35.5. The zero-order valence-corrected chi connectivity index (χ0v) is 12.9. The Hall–Kier alpha value is -1.58. The monoisotopic (exact) mass is 322 g/mol. The number of nitrogens with zero attached hydrogens (tertiary/aromatic N) is 2. The zero-order valence-electron chi connectivity index (χ0n) is 11.4. The third-order valence-electron chi connectivity index (χ3n) is 3.42. The Labute approximate surface area is 132 Å². The van der Waals surface area contributed by atoms with E-state index in [0.29, 0.717) is 17.3 Å². The lowest BCUT2D eigenvalue weighted by Crippen LogP contribution is -2.04. The first kappa shape index (κ1) is 14.4. The SMILES string of the molecule is Cc1cccc2nc(CCCl)n(-c3ccc(F)cc3Cl)c12. The van der Waals surface area contributed by atoms with E-state index in [1.165, 1.54) is 12.1 Å². The maximum atomic E-state index is 13.3. The number of aryl methyl sites for hydroxylation is 2. The fourth-order valence-electron chi connectivity index (χ4n) is 2.52. The molecule has 1 heterocycles. The van der Waals surface area contributed by atoms with Crippen molar-refractivity contribution in [3.8, 4) is 5.69 Å². The predicted molar refractivity (Wildman–Crippen MR) is 85.2 cm³/mol. The quantitative estimate of drug-likeness (QED) is 0.626. The topological polar surface area (TPSA) is 17.8 Å². The molecule has 0 aliphatic rings. The highest BCUT2D eigenvalue weighted by molar-refractivity contribution is 6.32. The second-order valence-electron chi connectivity index (χ2n) is 4.84. The summed E-state index contributed by atoms with van der Waals surface area (Å²) >= 11 is 12.1. The lowest BCUT2D eigenvalue weighted by Gasteiger charge is -2.12. The van der Waals surface area contributed by atoms with E-state index in [1.54, 1.807) is 6.07 Å². The maximum absolute atomic E-state index is 13.3. The molecule has 0 aliphatic carbocycles. The van der Waals surface area contributed by atoms with Gasteiger partial charge in [-0.2, -0.15) is 0 Å². The van der Waals surface area contributed by atoms with Crippen LogP contribution in [0.3, 0.4) is 0 Å². The average molecular weight is 323 g/mol. The molecule has 108 valence electrons. The Morgan fingerprint density at radius 2 is 2.05 bits per heavy atom. The minimum atomic E-state index is -0.358. The number of aromatic nitrogens is 2. The summed E-state index contributed by atoms with van der Waals surface area (Å²) in [6.07, 6.45) is 0.614. The Balaban J connectivity index is 2.35. The van der Waals surface area contributed by atoms with Gasteiger partial charge in [0.15, 0.2) is 0 Å². The molecular formula is C16H13Cl2FN2. The highest BCUT2D eigenvalue weighted by Crippen LogP contribution is 2.29. The van der Waals surface area contributed by atoms with Crippen LogP contribution in [0.5, 0.6) is 0 Å². The largest absolute Gasteiger partial charge is 0.294 e. The van der Waals surface area contributed by atoms with Gasteiger partial charge in [0.25, 0.3) is 0 Å². The Morgan fingerprint density at radius 1 is 1.24 bits per heavy atom. The van der Waals surface area contributed by atoms with Crippen molar-refractivity contribution in [3.05, 3.63) is 58.6 Å². The molecule has 2 aromatic carbocycles. The van der Waals surface area contributed by atoms with E-state index < -0.39 is 0 Å². The van der Waals surface area contributed by atoms with Gasteiger partial charge >= 0.3 is 0 Å². The second-order valence-corrected chi connectivity index (χ2v) is 5.63. The van der Waals surface area contributed by atoms with Gasteiger partial charge in [0, 0.05) is 12.3 Å². The molecule has 0 aliphatic heterocycles. The second kappa shape index (κ2) is 5.66. The van der Waals surface area contributed by atoms with Crippen LogP contribution in [-0.4, -0.2) is 15.4 Å². The average Bonchev–Trinajstić information content (AvgIpc) is 2.79. The first-order valence-corrected chi connectivity index (χ1v) is 7.51. The lowest BCUT2D eigenvalue weighted by atomic mass is 10.2. The maximum Gasteiger partial charge on any atom is 0.124 e. The van der Waals surface area contributed by atoms with E-state index in [4.69, 9.17) is 23.2 Å². The fraction of sp³-hybridized carbons (Fsp3) is 0.188. The Morgan fingerprint density at radius 3 is 2.76 bits per heavy atom. The van der Waals surface area contributed by atoms with Crippen molar-refractivity contribution in [1.82, 2.24) is 9.55 Å². The summed E-state index contributed by atoms with van der Waals surface area (Å²) in [4.78, 5) is 4.63. The molecule has 0 saturated carbocycles. The smallest absolute Gasteiger partial charge is 0.124 e. The summed E-state index contributed by atoms with van der Waals surface area (Å²) in [5.74, 6) is 0.924. The van der Waals surface area contributed by atoms with Crippen molar-refractivity contribution in [1.29, 1.82) is 0 Å². The molecule has 0 N–H and O–H groups in total. The van der Waals surface area contributed by atoms with Crippen LogP contribution in [0, 0.1) is 12.7 Å². The van der Waals surface area contributed by atoms with Gasteiger partial charge in [-0.15, -0.1) is 11.6 Å². The minimum Gasteiger partial charge on any atom is -0.294 e. The Bertz CT molecular complexity index is 811. The third-order valence-corrected chi connectivity index (χ3v) is 3.91. The number of hydrogen-bond donors (Lipinski definition) is 0. The summed E-state index contributed by atoms with van der Waals surface area (Å²) in [6.45, 7) is 2.02. The van der Waals surface area contributed by atoms with Crippen LogP contribution in [0.25, 0.3) is 16.7 Å². The van der Waals surface area contributed by atoms with Gasteiger partial charge in [-0.25, -0.2) is 9.37 Å². The lowest BCUT2D eigenvalue weighted by molar-refractivity contribution is 0.627. The van der Waals surface area contributed by atoms with Crippen molar-refractivity contribution < 1.29 is 4.39 Å². The van der Waals surface area contributed by atoms with E-state index in [-0.39, 0.29) is 5.82 Å². The number of fused-ring (bicyclic) bond motifs is 1. The van der Waals surface area contributed by atoms with Crippen LogP contribution >= 0.6 is 23.2 Å². The van der Waals surface area contributed by atoms with Crippen molar-refractivity contribution in [2.24, 2.45) is 0 Å². The van der Waals surface area contributed by atoms with E-state index in [2.05, 4.69) is 4.98 Å². The van der Waals surface area contributed by atoms with Crippen molar-refractivity contribution in [2.45, 2.75) is 13.3 Å². The van der Waals surface area contributed by atoms with Gasteiger partial charge in [0.05, 0.1) is 21.7 Å². The van der Waals surface area contributed by atoms with Crippen LogP contribution < -0.4 is 0 Å². The van der Waals surface area contributed by atoms with Gasteiger partial charge in [-0.3, -0.25) is 4.57 Å². The van der Waals surface area contributed by atoms with E-state index >= 15 is 0 Å². The number of halogens is 3. The molecule has 0 saturated heterocycles. The molecule has 0 bridgehead atoms. The molecule has 0 unspecified atom stereocenters. The molecule has 21 heavy (non-hydrogen) atoms. The highest BCUT2D eigenvalue weighted by Gasteiger charge is 2.16. The summed E-state index contributed by atoms with van der Waals surface area (Å²) < 4.78 is 15.3. The molecule has 1 aromatic heterocycles. The number of alkyl halides is 1. The fourth-order valence-corrected chi connectivity index (χ4v) is 2.94. The summed E-state index contributed by atoms with van der Waals surface area (Å²) in [6, 6.07) is 10.3. The van der Waals surface area contributed by atoms with E-state index in [1.807, 2.05) is 29.7 Å². The standard InChI is InChI=1S/C16H13Cl2FN2/c1-10-3-2-4-13-16(10)21(15(20-13)7-8-17)14-6-5-11(19)9-12(14)18/h2-6,9H,7-8H2,1H3.